The van der Waals surface area contributed by atoms with E-state index in [-0.39, 0.29) is 5.41 Å². The Morgan fingerprint density at radius 3 is 2.08 bits per heavy atom. The SMILES string of the molecule is CCc1ccccc1N=C(CC(C)(C)C)Nc1ccccc1CC. The van der Waals surface area contributed by atoms with Gasteiger partial charge in [0.25, 0.3) is 0 Å². The van der Waals surface area contributed by atoms with Crippen molar-refractivity contribution in [3.8, 4) is 0 Å². The molecule has 1 N–H and O–H groups in total. The molecule has 0 aliphatic heterocycles. The number of anilines is 1. The maximum atomic E-state index is 4.99. The van der Waals surface area contributed by atoms with Crippen LogP contribution in [0.1, 0.15) is 52.2 Å². The molecule has 0 saturated heterocycles. The number of hydrogen-bond donors (Lipinski definition) is 1. The summed E-state index contributed by atoms with van der Waals surface area (Å²) >= 11 is 0. The minimum Gasteiger partial charge on any atom is -0.344 e. The van der Waals surface area contributed by atoms with Gasteiger partial charge in [-0.2, -0.15) is 0 Å². The van der Waals surface area contributed by atoms with Gasteiger partial charge in [0, 0.05) is 12.1 Å². The lowest BCUT2D eigenvalue weighted by Gasteiger charge is -2.22. The zero-order valence-corrected chi connectivity index (χ0v) is 15.7. The van der Waals surface area contributed by atoms with Gasteiger partial charge in [-0.25, -0.2) is 4.99 Å². The smallest absolute Gasteiger partial charge is 0.107 e. The average Bonchev–Trinajstić information content (AvgIpc) is 2.54. The van der Waals surface area contributed by atoms with Gasteiger partial charge in [-0.05, 0) is 41.5 Å². The van der Waals surface area contributed by atoms with E-state index >= 15 is 0 Å². The molecule has 0 aromatic heterocycles. The zero-order chi connectivity index (χ0) is 17.6. The summed E-state index contributed by atoms with van der Waals surface area (Å²) in [5.74, 6) is 1.03. The lowest BCUT2D eigenvalue weighted by molar-refractivity contribution is 0.433. The van der Waals surface area contributed by atoms with Crippen LogP contribution in [-0.2, 0) is 12.8 Å². The first-order valence-electron chi connectivity index (χ1n) is 8.93. The molecule has 0 aliphatic carbocycles. The Balaban J connectivity index is 2.39. The number of amidine groups is 1. The van der Waals surface area contributed by atoms with Gasteiger partial charge in [0.15, 0.2) is 0 Å². The number of nitrogens with zero attached hydrogens (tertiary/aromatic N) is 1. The van der Waals surface area contributed by atoms with Crippen molar-refractivity contribution in [3.63, 3.8) is 0 Å². The molecule has 0 fully saturated rings. The Kier molecular flexibility index (Phi) is 6.19. The van der Waals surface area contributed by atoms with Crippen LogP contribution in [0.25, 0.3) is 0 Å². The second-order valence-corrected chi connectivity index (χ2v) is 7.41. The summed E-state index contributed by atoms with van der Waals surface area (Å²) in [6.45, 7) is 11.1. The molecule has 128 valence electrons. The van der Waals surface area contributed by atoms with E-state index in [0.717, 1.165) is 36.5 Å². The molecule has 0 atom stereocenters. The summed E-state index contributed by atoms with van der Waals surface area (Å²) in [6, 6.07) is 16.9. The van der Waals surface area contributed by atoms with Gasteiger partial charge < -0.3 is 5.32 Å². The quantitative estimate of drug-likeness (QED) is 0.500. The van der Waals surface area contributed by atoms with Crippen LogP contribution < -0.4 is 5.32 Å². The fraction of sp³-hybridized carbons (Fsp3) is 0.409. The molecule has 0 aliphatic rings. The molecule has 2 aromatic carbocycles. The first-order chi connectivity index (χ1) is 11.4. The van der Waals surface area contributed by atoms with Crippen LogP contribution in [0.2, 0.25) is 0 Å². The third kappa shape index (κ3) is 5.23. The molecular formula is C22H30N2. The number of para-hydroxylation sites is 2. The Labute approximate surface area is 147 Å². The largest absolute Gasteiger partial charge is 0.344 e. The number of rotatable bonds is 5. The van der Waals surface area contributed by atoms with Gasteiger partial charge in [-0.1, -0.05) is 71.0 Å². The molecule has 0 heterocycles. The molecule has 2 nitrogen and oxygen atoms in total. The summed E-state index contributed by atoms with van der Waals surface area (Å²) in [5, 5.41) is 3.60. The van der Waals surface area contributed by atoms with Crippen LogP contribution >= 0.6 is 0 Å². The molecule has 0 spiro atoms. The van der Waals surface area contributed by atoms with E-state index in [9.17, 15) is 0 Å². The van der Waals surface area contributed by atoms with Crippen LogP contribution in [0.4, 0.5) is 11.4 Å². The summed E-state index contributed by atoms with van der Waals surface area (Å²) < 4.78 is 0. The maximum absolute atomic E-state index is 4.99. The third-order valence-electron chi connectivity index (χ3n) is 4.00. The summed E-state index contributed by atoms with van der Waals surface area (Å²) in [5.41, 5.74) is 5.02. The Hall–Kier alpha value is -2.09. The molecule has 24 heavy (non-hydrogen) atoms. The van der Waals surface area contributed by atoms with Crippen molar-refractivity contribution in [2.45, 2.75) is 53.9 Å². The predicted molar refractivity (Wildman–Crippen MR) is 106 cm³/mol. The molecule has 0 unspecified atom stereocenters. The minimum atomic E-state index is 0.175. The molecule has 0 radical (unpaired) electrons. The van der Waals surface area contributed by atoms with Gasteiger partial charge in [0.1, 0.15) is 5.84 Å². The number of benzene rings is 2. The van der Waals surface area contributed by atoms with E-state index in [1.165, 1.54) is 11.1 Å². The van der Waals surface area contributed by atoms with Crippen molar-refractivity contribution in [1.29, 1.82) is 0 Å². The van der Waals surface area contributed by atoms with Crippen LogP contribution in [0.15, 0.2) is 53.5 Å². The van der Waals surface area contributed by atoms with Crippen molar-refractivity contribution in [2.24, 2.45) is 10.4 Å². The summed E-state index contributed by atoms with van der Waals surface area (Å²) in [4.78, 5) is 4.99. The van der Waals surface area contributed by atoms with Crippen molar-refractivity contribution in [2.75, 3.05) is 5.32 Å². The second-order valence-electron chi connectivity index (χ2n) is 7.41. The molecule has 0 saturated carbocycles. The highest BCUT2D eigenvalue weighted by Crippen LogP contribution is 2.26. The maximum Gasteiger partial charge on any atom is 0.107 e. The first kappa shape index (κ1) is 18.3. The van der Waals surface area contributed by atoms with E-state index in [1.54, 1.807) is 0 Å². The Morgan fingerprint density at radius 1 is 0.875 bits per heavy atom. The number of aryl methyl sites for hydroxylation is 2. The molecular weight excluding hydrogens is 292 g/mol. The third-order valence-corrected chi connectivity index (χ3v) is 4.00. The van der Waals surface area contributed by atoms with Crippen LogP contribution in [-0.4, -0.2) is 5.84 Å². The zero-order valence-electron chi connectivity index (χ0n) is 15.7. The van der Waals surface area contributed by atoms with Gasteiger partial charge in [-0.15, -0.1) is 0 Å². The first-order valence-corrected chi connectivity index (χ1v) is 8.93. The molecule has 2 rings (SSSR count). The average molecular weight is 322 g/mol. The van der Waals surface area contributed by atoms with Gasteiger partial charge in [0.05, 0.1) is 5.69 Å². The van der Waals surface area contributed by atoms with Gasteiger partial charge in [-0.3, -0.25) is 0 Å². The number of nitrogens with one attached hydrogen (secondary N) is 1. The molecule has 0 amide bonds. The van der Waals surface area contributed by atoms with Crippen LogP contribution in [0.5, 0.6) is 0 Å². The standard InChI is InChI=1S/C22H30N2/c1-6-17-12-8-10-14-19(17)23-21(16-22(3,4)5)24-20-15-11-9-13-18(20)7-2/h8-15H,6-7,16H2,1-5H3,(H,23,24). The molecule has 2 heteroatoms. The van der Waals surface area contributed by atoms with Crippen LogP contribution in [0.3, 0.4) is 0 Å². The Morgan fingerprint density at radius 2 is 1.46 bits per heavy atom. The second kappa shape index (κ2) is 8.14. The fourth-order valence-electron chi connectivity index (χ4n) is 2.78. The number of hydrogen-bond acceptors (Lipinski definition) is 1. The monoisotopic (exact) mass is 322 g/mol. The fourth-order valence-corrected chi connectivity index (χ4v) is 2.78. The van der Waals surface area contributed by atoms with Crippen molar-refractivity contribution >= 4 is 17.2 Å². The van der Waals surface area contributed by atoms with Crippen LogP contribution in [0, 0.1) is 5.41 Å². The highest BCUT2D eigenvalue weighted by molar-refractivity contribution is 5.98. The molecule has 2 aromatic rings. The van der Waals surface area contributed by atoms with Crippen molar-refractivity contribution < 1.29 is 0 Å². The van der Waals surface area contributed by atoms with Crippen molar-refractivity contribution in [1.82, 2.24) is 0 Å². The van der Waals surface area contributed by atoms with E-state index in [0.29, 0.717) is 0 Å². The van der Waals surface area contributed by atoms with E-state index in [4.69, 9.17) is 4.99 Å². The summed E-state index contributed by atoms with van der Waals surface area (Å²) in [7, 11) is 0. The minimum absolute atomic E-state index is 0.175. The molecule has 0 bridgehead atoms. The highest BCUT2D eigenvalue weighted by atomic mass is 15.0. The Bertz CT molecular complexity index is 693. The van der Waals surface area contributed by atoms with E-state index < -0.39 is 0 Å². The normalized spacial score (nSPS) is 12.3. The van der Waals surface area contributed by atoms with E-state index in [1.807, 2.05) is 0 Å². The van der Waals surface area contributed by atoms with E-state index in [2.05, 4.69) is 88.5 Å². The van der Waals surface area contributed by atoms with Gasteiger partial charge >= 0.3 is 0 Å². The topological polar surface area (TPSA) is 24.4 Å². The van der Waals surface area contributed by atoms with Gasteiger partial charge in [0.2, 0.25) is 0 Å². The lowest BCUT2D eigenvalue weighted by atomic mass is 9.91. The lowest BCUT2D eigenvalue weighted by Crippen LogP contribution is -2.20. The highest BCUT2D eigenvalue weighted by Gasteiger charge is 2.16. The number of aliphatic imine (C=N–C) groups is 1. The predicted octanol–water partition coefficient (Wildman–Crippen LogP) is 6.39. The van der Waals surface area contributed by atoms with Crippen molar-refractivity contribution in [3.05, 3.63) is 59.7 Å². The summed E-state index contributed by atoms with van der Waals surface area (Å²) in [6.07, 6.45) is 2.91.